The molecule has 0 aliphatic heterocycles. The van der Waals surface area contributed by atoms with E-state index >= 15 is 0 Å². The lowest BCUT2D eigenvalue weighted by atomic mass is 10.2. The molecule has 0 N–H and O–H groups in total. The number of nitrogens with zero attached hydrogens (tertiary/aromatic N) is 3. The Bertz CT molecular complexity index is 500. The summed E-state index contributed by atoms with van der Waals surface area (Å²) in [6.45, 7) is 5.76. The first-order valence-electron chi connectivity index (χ1n) is 5.09. The van der Waals surface area contributed by atoms with Gasteiger partial charge in [0.1, 0.15) is 17.6 Å². The van der Waals surface area contributed by atoms with E-state index in [1.807, 2.05) is 6.07 Å². The van der Waals surface area contributed by atoms with Crippen LogP contribution < -0.4 is 4.90 Å². The molecule has 0 radical (unpaired) electrons. The van der Waals surface area contributed by atoms with Crippen LogP contribution in [0, 0.1) is 11.3 Å². The Labute approximate surface area is 103 Å². The quantitative estimate of drug-likeness (QED) is 0.779. The fourth-order valence-electron chi connectivity index (χ4n) is 1.46. The number of hydrogen-bond donors (Lipinski definition) is 0. The normalized spacial score (nSPS) is 10.9. The van der Waals surface area contributed by atoms with E-state index in [0.717, 1.165) is 17.7 Å². The molecule has 0 saturated carbocycles. The van der Waals surface area contributed by atoms with E-state index in [2.05, 4.69) is 11.6 Å². The Morgan fingerprint density at radius 2 is 2.11 bits per heavy atom. The maximum atomic E-state index is 12.5. The van der Waals surface area contributed by atoms with Gasteiger partial charge >= 0.3 is 6.18 Å². The third kappa shape index (κ3) is 3.23. The van der Waals surface area contributed by atoms with Crippen LogP contribution in [0.1, 0.15) is 18.2 Å². The minimum absolute atomic E-state index is 0.00956. The van der Waals surface area contributed by atoms with Crippen LogP contribution in [0.4, 0.5) is 19.0 Å². The second-order valence-corrected chi connectivity index (χ2v) is 3.99. The van der Waals surface area contributed by atoms with Gasteiger partial charge in [0.05, 0.1) is 5.56 Å². The number of hydrogen-bond acceptors (Lipinski definition) is 3. The molecular formula is C12H12F3N3. The zero-order chi connectivity index (χ0) is 13.9. The van der Waals surface area contributed by atoms with E-state index < -0.39 is 11.9 Å². The Morgan fingerprint density at radius 3 is 2.56 bits per heavy atom. The fraction of sp³-hybridized carbons (Fsp3) is 0.333. The number of anilines is 1. The van der Waals surface area contributed by atoms with Crippen molar-refractivity contribution in [2.24, 2.45) is 0 Å². The van der Waals surface area contributed by atoms with Crippen molar-refractivity contribution in [3.8, 4) is 6.07 Å². The molecule has 0 aromatic carbocycles. The molecule has 96 valence electrons. The van der Waals surface area contributed by atoms with Gasteiger partial charge in [-0.3, -0.25) is 0 Å². The molecule has 1 aromatic rings. The van der Waals surface area contributed by atoms with Crippen LogP contribution in [0.15, 0.2) is 24.3 Å². The first-order valence-corrected chi connectivity index (χ1v) is 5.09. The minimum Gasteiger partial charge on any atom is -0.355 e. The molecule has 3 nitrogen and oxygen atoms in total. The molecule has 0 bridgehead atoms. The van der Waals surface area contributed by atoms with Crippen LogP contribution in [0.25, 0.3) is 0 Å². The van der Waals surface area contributed by atoms with Gasteiger partial charge in [-0.1, -0.05) is 12.2 Å². The number of halogens is 3. The third-order valence-corrected chi connectivity index (χ3v) is 2.15. The van der Waals surface area contributed by atoms with Crippen molar-refractivity contribution in [3.05, 3.63) is 35.5 Å². The average molecular weight is 255 g/mol. The van der Waals surface area contributed by atoms with Crippen molar-refractivity contribution in [1.29, 1.82) is 5.26 Å². The summed E-state index contributed by atoms with van der Waals surface area (Å²) in [6, 6.07) is 3.75. The number of likely N-dealkylation sites (N-methyl/N-ethyl adjacent to an activating group) is 1. The molecule has 0 fully saturated rings. The van der Waals surface area contributed by atoms with Crippen molar-refractivity contribution in [2.75, 3.05) is 18.5 Å². The third-order valence-electron chi connectivity index (χ3n) is 2.15. The lowest BCUT2D eigenvalue weighted by Gasteiger charge is -2.20. The van der Waals surface area contributed by atoms with Gasteiger partial charge in [0.15, 0.2) is 0 Å². The lowest BCUT2D eigenvalue weighted by molar-refractivity contribution is -0.141. The van der Waals surface area contributed by atoms with Gasteiger partial charge in [-0.2, -0.15) is 18.4 Å². The van der Waals surface area contributed by atoms with Gasteiger partial charge in [-0.05, 0) is 19.1 Å². The SMILES string of the molecule is C=C(C)CN(C)c1nc(C(F)(F)F)ccc1C#N. The highest BCUT2D eigenvalue weighted by Gasteiger charge is 2.33. The topological polar surface area (TPSA) is 39.9 Å². The molecule has 18 heavy (non-hydrogen) atoms. The molecule has 1 heterocycles. The van der Waals surface area contributed by atoms with Gasteiger partial charge < -0.3 is 4.90 Å². The molecular weight excluding hydrogens is 243 g/mol. The second-order valence-electron chi connectivity index (χ2n) is 3.99. The van der Waals surface area contributed by atoms with Crippen LogP contribution in [-0.2, 0) is 6.18 Å². The second kappa shape index (κ2) is 5.08. The van der Waals surface area contributed by atoms with Gasteiger partial charge in [-0.25, -0.2) is 4.98 Å². The Balaban J connectivity index is 3.23. The van der Waals surface area contributed by atoms with Gasteiger partial charge in [0.25, 0.3) is 0 Å². The summed E-state index contributed by atoms with van der Waals surface area (Å²) in [6.07, 6.45) is -4.52. The highest BCUT2D eigenvalue weighted by molar-refractivity contribution is 5.54. The van der Waals surface area contributed by atoms with E-state index in [4.69, 9.17) is 5.26 Å². The van der Waals surface area contributed by atoms with Crippen molar-refractivity contribution < 1.29 is 13.2 Å². The van der Waals surface area contributed by atoms with E-state index in [1.54, 1.807) is 14.0 Å². The molecule has 1 aromatic heterocycles. The van der Waals surface area contributed by atoms with E-state index in [1.165, 1.54) is 4.90 Å². The molecule has 0 saturated heterocycles. The first kappa shape index (κ1) is 14.0. The Kier molecular flexibility index (Phi) is 3.96. The molecule has 0 amide bonds. The summed E-state index contributed by atoms with van der Waals surface area (Å²) < 4.78 is 37.6. The number of rotatable bonds is 3. The summed E-state index contributed by atoms with van der Waals surface area (Å²) in [5, 5.41) is 8.87. The van der Waals surface area contributed by atoms with Crippen molar-refractivity contribution in [3.63, 3.8) is 0 Å². The summed E-state index contributed by atoms with van der Waals surface area (Å²) >= 11 is 0. The van der Waals surface area contributed by atoms with Gasteiger partial charge in [-0.15, -0.1) is 0 Å². The predicted molar refractivity (Wildman–Crippen MR) is 62.0 cm³/mol. The monoisotopic (exact) mass is 255 g/mol. The lowest BCUT2D eigenvalue weighted by Crippen LogP contribution is -2.23. The highest BCUT2D eigenvalue weighted by atomic mass is 19.4. The smallest absolute Gasteiger partial charge is 0.355 e. The maximum absolute atomic E-state index is 12.5. The van der Waals surface area contributed by atoms with Gasteiger partial charge in [0, 0.05) is 13.6 Å². The molecule has 0 aliphatic carbocycles. The summed E-state index contributed by atoms with van der Waals surface area (Å²) in [7, 11) is 1.57. The van der Waals surface area contributed by atoms with Crippen LogP contribution in [0.5, 0.6) is 0 Å². The van der Waals surface area contributed by atoms with E-state index in [-0.39, 0.29) is 11.4 Å². The molecule has 0 spiro atoms. The minimum atomic E-state index is -4.52. The van der Waals surface area contributed by atoms with Crippen molar-refractivity contribution >= 4 is 5.82 Å². The molecule has 0 aliphatic rings. The fourth-order valence-corrected chi connectivity index (χ4v) is 1.46. The number of alkyl halides is 3. The largest absolute Gasteiger partial charge is 0.433 e. The van der Waals surface area contributed by atoms with E-state index in [9.17, 15) is 13.2 Å². The van der Waals surface area contributed by atoms with Crippen molar-refractivity contribution in [1.82, 2.24) is 4.98 Å². The average Bonchev–Trinajstić information content (AvgIpc) is 2.26. The first-order chi connectivity index (χ1) is 8.25. The standard InChI is InChI=1S/C12H12F3N3/c1-8(2)7-18(3)11-9(6-16)4-5-10(17-11)12(13,14)15/h4-5H,1,7H2,2-3H3. The van der Waals surface area contributed by atoms with Gasteiger partial charge in [0.2, 0.25) is 0 Å². The van der Waals surface area contributed by atoms with Crippen molar-refractivity contribution in [2.45, 2.75) is 13.1 Å². The Hall–Kier alpha value is -2.03. The zero-order valence-electron chi connectivity index (χ0n) is 10.0. The molecule has 6 heteroatoms. The van der Waals surface area contributed by atoms with E-state index in [0.29, 0.717) is 6.54 Å². The number of aromatic nitrogens is 1. The van der Waals surface area contributed by atoms with Crippen LogP contribution >= 0.6 is 0 Å². The number of nitriles is 1. The zero-order valence-corrected chi connectivity index (χ0v) is 10.0. The Morgan fingerprint density at radius 1 is 1.50 bits per heavy atom. The predicted octanol–water partition coefficient (Wildman–Crippen LogP) is 2.98. The molecule has 0 atom stereocenters. The molecule has 0 unspecified atom stereocenters. The highest BCUT2D eigenvalue weighted by Crippen LogP contribution is 2.30. The van der Waals surface area contributed by atoms with Crippen LogP contribution in [-0.4, -0.2) is 18.6 Å². The summed E-state index contributed by atoms with van der Waals surface area (Å²) in [4.78, 5) is 4.97. The van der Waals surface area contributed by atoms with Crippen LogP contribution in [0.2, 0.25) is 0 Å². The molecule has 1 rings (SSSR count). The maximum Gasteiger partial charge on any atom is 0.433 e. The summed E-state index contributed by atoms with van der Waals surface area (Å²) in [5.41, 5.74) is -0.141. The number of pyridine rings is 1. The van der Waals surface area contributed by atoms with Crippen LogP contribution in [0.3, 0.4) is 0 Å². The summed E-state index contributed by atoms with van der Waals surface area (Å²) in [5.74, 6) is 0.00956.